The number of nitrogens with one attached hydrogen (secondary N) is 1. The van der Waals surface area contributed by atoms with Crippen molar-refractivity contribution in [1.82, 2.24) is 0 Å². The Morgan fingerprint density at radius 2 is 1.81 bits per heavy atom. The molecule has 2 aromatic carbocycles. The van der Waals surface area contributed by atoms with Gasteiger partial charge in [-0.05, 0) is 41.7 Å². The first-order valence-corrected chi connectivity index (χ1v) is 8.74. The van der Waals surface area contributed by atoms with Gasteiger partial charge in [0.1, 0.15) is 0 Å². The highest BCUT2D eigenvalue weighted by molar-refractivity contribution is 14.0. The molecule has 0 atom stereocenters. The highest BCUT2D eigenvalue weighted by Crippen LogP contribution is 2.29. The van der Waals surface area contributed by atoms with Crippen molar-refractivity contribution >= 4 is 47.2 Å². The number of halogens is 2. The number of methoxy groups -OCH3 is 2. The number of benzene rings is 2. The van der Waals surface area contributed by atoms with Crippen LogP contribution in [0, 0.1) is 5.41 Å². The lowest BCUT2D eigenvalue weighted by Gasteiger charge is -2.23. The minimum atomic E-state index is -0.0470. The maximum Gasteiger partial charge on any atom is 0.193 e. The Balaban J connectivity index is 0.00000364. The number of ether oxygens (including phenoxy) is 2. The summed E-state index contributed by atoms with van der Waals surface area (Å²) in [5.74, 6) is 1.65. The lowest BCUT2D eigenvalue weighted by molar-refractivity contribution is 0.355. The van der Waals surface area contributed by atoms with Gasteiger partial charge in [0.05, 0.1) is 14.2 Å². The molecular formula is C20H27ClIN3O2. The van der Waals surface area contributed by atoms with Gasteiger partial charge < -0.3 is 20.5 Å². The lowest BCUT2D eigenvalue weighted by Crippen LogP contribution is -2.26. The minimum absolute atomic E-state index is 0. The molecule has 27 heavy (non-hydrogen) atoms. The van der Waals surface area contributed by atoms with Gasteiger partial charge in [-0.1, -0.05) is 37.6 Å². The van der Waals surface area contributed by atoms with E-state index in [-0.39, 0.29) is 29.4 Å². The number of guanidine groups is 1. The summed E-state index contributed by atoms with van der Waals surface area (Å²) in [6.45, 7) is 4.90. The Kier molecular flexibility index (Phi) is 9.18. The second-order valence-electron chi connectivity index (χ2n) is 6.87. The molecule has 2 rings (SSSR count). The maximum atomic E-state index is 6.06. The molecule has 5 nitrogen and oxygen atoms in total. The van der Waals surface area contributed by atoms with E-state index in [1.54, 1.807) is 14.2 Å². The average Bonchev–Trinajstić information content (AvgIpc) is 2.59. The summed E-state index contributed by atoms with van der Waals surface area (Å²) >= 11 is 6.06. The number of nitrogens with two attached hydrogens (primary N) is 1. The number of hydrogen-bond acceptors (Lipinski definition) is 3. The van der Waals surface area contributed by atoms with Crippen molar-refractivity contribution in [2.24, 2.45) is 16.1 Å². The second kappa shape index (κ2) is 10.6. The first-order valence-electron chi connectivity index (χ1n) is 8.36. The predicted molar refractivity (Wildman–Crippen MR) is 124 cm³/mol. The Morgan fingerprint density at radius 1 is 1.11 bits per heavy atom. The molecule has 0 aliphatic rings. The summed E-state index contributed by atoms with van der Waals surface area (Å²) in [6, 6.07) is 13.4. The van der Waals surface area contributed by atoms with Gasteiger partial charge in [0, 0.05) is 23.3 Å². The zero-order valence-electron chi connectivity index (χ0n) is 16.1. The van der Waals surface area contributed by atoms with E-state index < -0.39 is 0 Å². The Labute approximate surface area is 183 Å². The number of anilines is 1. The molecule has 0 aliphatic heterocycles. The molecule has 0 aliphatic carbocycles. The van der Waals surface area contributed by atoms with Gasteiger partial charge in [-0.25, -0.2) is 0 Å². The molecule has 0 radical (unpaired) electrons. The molecule has 0 saturated heterocycles. The smallest absolute Gasteiger partial charge is 0.193 e. The first-order chi connectivity index (χ1) is 12.3. The fourth-order valence-corrected chi connectivity index (χ4v) is 2.87. The Hall–Kier alpha value is -1.67. The van der Waals surface area contributed by atoms with E-state index in [0.29, 0.717) is 24.0 Å². The van der Waals surface area contributed by atoms with Crippen molar-refractivity contribution in [2.45, 2.75) is 20.3 Å². The van der Waals surface area contributed by atoms with Crippen LogP contribution in [0.3, 0.4) is 0 Å². The van der Waals surface area contributed by atoms with Crippen LogP contribution in [0.2, 0.25) is 5.02 Å². The van der Waals surface area contributed by atoms with E-state index in [2.05, 4.69) is 30.2 Å². The normalized spacial score (nSPS) is 11.5. The zero-order chi connectivity index (χ0) is 19.2. The summed E-state index contributed by atoms with van der Waals surface area (Å²) in [5, 5.41) is 3.83. The van der Waals surface area contributed by atoms with E-state index in [9.17, 15) is 0 Å². The van der Waals surface area contributed by atoms with Crippen molar-refractivity contribution in [3.8, 4) is 11.5 Å². The summed E-state index contributed by atoms with van der Waals surface area (Å²) in [4.78, 5) is 4.49. The fourth-order valence-electron chi connectivity index (χ4n) is 2.66. The number of nitrogens with zero attached hydrogens (tertiary/aromatic N) is 1. The van der Waals surface area contributed by atoms with Crippen LogP contribution in [0.1, 0.15) is 19.4 Å². The van der Waals surface area contributed by atoms with E-state index in [4.69, 9.17) is 26.8 Å². The lowest BCUT2D eigenvalue weighted by atomic mass is 9.86. The zero-order valence-corrected chi connectivity index (χ0v) is 19.2. The summed E-state index contributed by atoms with van der Waals surface area (Å²) < 4.78 is 10.5. The summed E-state index contributed by atoms with van der Waals surface area (Å²) in [5.41, 5.74) is 7.96. The molecule has 148 valence electrons. The van der Waals surface area contributed by atoms with Crippen LogP contribution < -0.4 is 20.5 Å². The number of rotatable bonds is 7. The van der Waals surface area contributed by atoms with Gasteiger partial charge in [-0.3, -0.25) is 4.99 Å². The predicted octanol–water partition coefficient (Wildman–Crippen LogP) is 4.97. The molecule has 0 aromatic heterocycles. The topological polar surface area (TPSA) is 68.9 Å². The first kappa shape index (κ1) is 23.4. The quantitative estimate of drug-likeness (QED) is 0.318. The van der Waals surface area contributed by atoms with Crippen LogP contribution in [0.15, 0.2) is 47.5 Å². The van der Waals surface area contributed by atoms with E-state index in [1.807, 2.05) is 36.4 Å². The van der Waals surface area contributed by atoms with E-state index in [0.717, 1.165) is 17.1 Å². The fraction of sp³-hybridized carbons (Fsp3) is 0.350. The van der Waals surface area contributed by atoms with Crippen molar-refractivity contribution < 1.29 is 9.47 Å². The highest BCUT2D eigenvalue weighted by atomic mass is 127. The van der Waals surface area contributed by atoms with Crippen molar-refractivity contribution in [3.63, 3.8) is 0 Å². The molecule has 3 N–H and O–H groups in total. The van der Waals surface area contributed by atoms with Gasteiger partial charge >= 0.3 is 0 Å². The van der Waals surface area contributed by atoms with E-state index in [1.165, 1.54) is 5.56 Å². The second-order valence-corrected chi connectivity index (χ2v) is 7.30. The van der Waals surface area contributed by atoms with Crippen LogP contribution in [-0.4, -0.2) is 26.7 Å². The van der Waals surface area contributed by atoms with Crippen molar-refractivity contribution in [3.05, 3.63) is 53.1 Å². The van der Waals surface area contributed by atoms with Gasteiger partial charge in [0.15, 0.2) is 17.5 Å². The van der Waals surface area contributed by atoms with Crippen LogP contribution >= 0.6 is 35.6 Å². The average molecular weight is 504 g/mol. The van der Waals surface area contributed by atoms with Gasteiger partial charge in [-0.15, -0.1) is 24.0 Å². The molecule has 0 heterocycles. The third-order valence-corrected chi connectivity index (χ3v) is 4.14. The molecule has 2 aromatic rings. The third kappa shape index (κ3) is 7.46. The van der Waals surface area contributed by atoms with Gasteiger partial charge in [-0.2, -0.15) is 0 Å². The third-order valence-electron chi connectivity index (χ3n) is 3.91. The number of hydrogen-bond donors (Lipinski definition) is 2. The van der Waals surface area contributed by atoms with Crippen molar-refractivity contribution in [2.75, 3.05) is 26.1 Å². The van der Waals surface area contributed by atoms with Gasteiger partial charge in [0.2, 0.25) is 0 Å². The highest BCUT2D eigenvalue weighted by Gasteiger charge is 2.18. The van der Waals surface area contributed by atoms with Gasteiger partial charge in [0.25, 0.3) is 0 Å². The molecular weight excluding hydrogens is 477 g/mol. The Bertz CT molecular complexity index is 782. The standard InChI is InChI=1S/C20H26ClN3O2.HI/c1-20(2,12-14-6-5-7-15(21)10-14)13-23-19(22)24-16-8-9-17(25-3)18(11-16)26-4;/h5-11H,12-13H2,1-4H3,(H3,22,23,24);1H. The van der Waals surface area contributed by atoms with Crippen molar-refractivity contribution in [1.29, 1.82) is 0 Å². The molecule has 0 unspecified atom stereocenters. The molecule has 0 bridgehead atoms. The summed E-state index contributed by atoms with van der Waals surface area (Å²) in [7, 11) is 3.19. The molecule has 0 saturated carbocycles. The van der Waals surface area contributed by atoms with E-state index >= 15 is 0 Å². The molecule has 0 amide bonds. The van der Waals surface area contributed by atoms with Crippen LogP contribution in [0.4, 0.5) is 5.69 Å². The number of aliphatic imine (C=N–C) groups is 1. The minimum Gasteiger partial charge on any atom is -0.493 e. The molecule has 0 spiro atoms. The van der Waals surface area contributed by atoms with Crippen LogP contribution in [0.25, 0.3) is 0 Å². The SMILES string of the molecule is COc1ccc(NC(N)=NCC(C)(C)Cc2cccc(Cl)c2)cc1OC.I. The van der Waals surface area contributed by atoms with Crippen LogP contribution in [-0.2, 0) is 6.42 Å². The molecule has 0 fully saturated rings. The largest absolute Gasteiger partial charge is 0.493 e. The molecule has 7 heteroatoms. The van der Waals surface area contributed by atoms with Crippen LogP contribution in [0.5, 0.6) is 11.5 Å². The monoisotopic (exact) mass is 503 g/mol. The maximum absolute atomic E-state index is 6.06. The summed E-state index contributed by atoms with van der Waals surface area (Å²) in [6.07, 6.45) is 0.862. The Morgan fingerprint density at radius 3 is 2.44 bits per heavy atom.